The van der Waals surface area contributed by atoms with Crippen LogP contribution in [-0.2, 0) is 4.79 Å². The number of hydrogen-bond acceptors (Lipinski definition) is 8. The lowest BCUT2D eigenvalue weighted by Crippen LogP contribution is -2.39. The third-order valence-corrected chi connectivity index (χ3v) is 5.44. The number of carbonyl (C=O) groups excluding carboxylic acids is 1. The number of ether oxygens (including phenoxy) is 1. The van der Waals surface area contributed by atoms with Crippen LogP contribution in [0.1, 0.15) is 24.7 Å². The molecule has 33 heavy (non-hydrogen) atoms. The minimum atomic E-state index is -0.527. The van der Waals surface area contributed by atoms with Crippen LogP contribution in [0.3, 0.4) is 0 Å². The zero-order valence-corrected chi connectivity index (χ0v) is 17.9. The van der Waals surface area contributed by atoms with Crippen LogP contribution in [0.25, 0.3) is 11.4 Å². The van der Waals surface area contributed by atoms with Crippen molar-refractivity contribution in [1.82, 2.24) is 15.0 Å². The first-order chi connectivity index (χ1) is 15.9. The number of anilines is 1. The van der Waals surface area contributed by atoms with E-state index in [2.05, 4.69) is 15.5 Å². The number of rotatable bonds is 7. The van der Waals surface area contributed by atoms with Crippen molar-refractivity contribution in [2.75, 3.05) is 32.1 Å². The Kier molecular flexibility index (Phi) is 6.59. The third kappa shape index (κ3) is 5.32. The van der Waals surface area contributed by atoms with Crippen molar-refractivity contribution < 1.29 is 23.4 Å². The van der Waals surface area contributed by atoms with Crippen molar-refractivity contribution in [3.05, 3.63) is 64.3 Å². The number of aromatic nitrogens is 2. The van der Waals surface area contributed by atoms with Crippen molar-refractivity contribution in [1.29, 1.82) is 0 Å². The zero-order valence-electron chi connectivity index (χ0n) is 17.9. The largest absolute Gasteiger partial charge is 0.494 e. The summed E-state index contributed by atoms with van der Waals surface area (Å²) < 4.78 is 23.7. The Hall–Kier alpha value is -3.86. The van der Waals surface area contributed by atoms with Gasteiger partial charge in [-0.2, -0.15) is 4.98 Å². The molecule has 0 aliphatic carbocycles. The first-order valence-corrected chi connectivity index (χ1v) is 10.4. The van der Waals surface area contributed by atoms with E-state index >= 15 is 0 Å². The van der Waals surface area contributed by atoms with Gasteiger partial charge in [-0.1, -0.05) is 5.16 Å². The number of nitrogens with one attached hydrogen (secondary N) is 1. The summed E-state index contributed by atoms with van der Waals surface area (Å²) in [5, 5.41) is 17.7. The molecule has 3 aromatic rings. The van der Waals surface area contributed by atoms with Gasteiger partial charge in [-0.25, -0.2) is 4.39 Å². The van der Waals surface area contributed by atoms with E-state index in [1.807, 2.05) is 4.90 Å². The highest BCUT2D eigenvalue weighted by Crippen LogP contribution is 2.30. The molecule has 0 saturated carbocycles. The van der Waals surface area contributed by atoms with Crippen LogP contribution in [0, 0.1) is 15.9 Å². The number of carbonyl (C=O) groups is 1. The molecule has 1 amide bonds. The fourth-order valence-corrected chi connectivity index (χ4v) is 3.81. The van der Waals surface area contributed by atoms with E-state index < -0.39 is 4.92 Å². The Morgan fingerprint density at radius 3 is 2.85 bits per heavy atom. The molecule has 1 aliphatic heterocycles. The van der Waals surface area contributed by atoms with Gasteiger partial charge in [0.2, 0.25) is 17.6 Å². The summed E-state index contributed by atoms with van der Waals surface area (Å²) in [7, 11) is 1.38. The second-order valence-corrected chi connectivity index (χ2v) is 7.73. The SMILES string of the molecule is COc1cc([N+](=O)[O-])ccc1NC(=O)CN1CCCC(c2nc(-c3ccc(F)cc3)no2)C1. The maximum Gasteiger partial charge on any atom is 0.273 e. The van der Waals surface area contributed by atoms with Crippen LogP contribution in [0.4, 0.5) is 15.8 Å². The van der Waals surface area contributed by atoms with Crippen LogP contribution in [0.2, 0.25) is 0 Å². The predicted molar refractivity (Wildman–Crippen MR) is 116 cm³/mol. The van der Waals surface area contributed by atoms with Crippen LogP contribution >= 0.6 is 0 Å². The second kappa shape index (κ2) is 9.74. The van der Waals surface area contributed by atoms with Crippen molar-refractivity contribution in [3.8, 4) is 17.1 Å². The van der Waals surface area contributed by atoms with Crippen molar-refractivity contribution in [2.24, 2.45) is 0 Å². The first-order valence-electron chi connectivity index (χ1n) is 10.4. The van der Waals surface area contributed by atoms with Crippen LogP contribution in [0.5, 0.6) is 5.75 Å². The molecule has 1 fully saturated rings. The van der Waals surface area contributed by atoms with Gasteiger partial charge in [0.05, 0.1) is 36.2 Å². The number of halogens is 1. The number of hydrogen-bond donors (Lipinski definition) is 1. The number of nitro benzene ring substituents is 1. The molecule has 1 saturated heterocycles. The molecule has 2 aromatic carbocycles. The Labute approximate surface area is 188 Å². The molecule has 0 radical (unpaired) electrons. The number of piperidine rings is 1. The van der Waals surface area contributed by atoms with Gasteiger partial charge < -0.3 is 14.6 Å². The average molecular weight is 455 g/mol. The molecule has 1 N–H and O–H groups in total. The highest BCUT2D eigenvalue weighted by Gasteiger charge is 2.27. The molecular weight excluding hydrogens is 433 g/mol. The summed E-state index contributed by atoms with van der Waals surface area (Å²) in [4.78, 5) is 29.5. The van der Waals surface area contributed by atoms with Gasteiger partial charge in [-0.15, -0.1) is 0 Å². The van der Waals surface area contributed by atoms with Gasteiger partial charge in [0.1, 0.15) is 11.6 Å². The molecule has 1 atom stereocenters. The summed E-state index contributed by atoms with van der Waals surface area (Å²) in [6.07, 6.45) is 1.70. The van der Waals surface area contributed by atoms with E-state index in [9.17, 15) is 19.3 Å². The highest BCUT2D eigenvalue weighted by molar-refractivity contribution is 5.94. The Morgan fingerprint density at radius 1 is 1.33 bits per heavy atom. The molecule has 1 aromatic heterocycles. The summed E-state index contributed by atoms with van der Waals surface area (Å²) in [5.74, 6) is 0.465. The van der Waals surface area contributed by atoms with Gasteiger partial charge in [0, 0.05) is 18.2 Å². The molecule has 1 unspecified atom stereocenters. The van der Waals surface area contributed by atoms with Crippen molar-refractivity contribution in [2.45, 2.75) is 18.8 Å². The lowest BCUT2D eigenvalue weighted by molar-refractivity contribution is -0.384. The van der Waals surface area contributed by atoms with E-state index in [4.69, 9.17) is 9.26 Å². The minimum absolute atomic E-state index is 0.0258. The van der Waals surface area contributed by atoms with E-state index in [0.29, 0.717) is 29.5 Å². The number of nitro groups is 1. The molecule has 2 heterocycles. The fraction of sp³-hybridized carbons (Fsp3) is 0.318. The molecule has 0 bridgehead atoms. The van der Waals surface area contributed by atoms with Crippen molar-refractivity contribution >= 4 is 17.3 Å². The number of nitrogens with zero attached hydrogens (tertiary/aromatic N) is 4. The molecule has 0 spiro atoms. The van der Waals surface area contributed by atoms with Crippen LogP contribution in [-0.4, -0.2) is 52.6 Å². The van der Waals surface area contributed by atoms with Gasteiger partial charge >= 0.3 is 0 Å². The van der Waals surface area contributed by atoms with E-state index in [0.717, 1.165) is 19.4 Å². The molecule has 172 valence electrons. The maximum absolute atomic E-state index is 13.1. The predicted octanol–water partition coefficient (Wildman–Crippen LogP) is 3.61. The quantitative estimate of drug-likeness (QED) is 0.423. The number of benzene rings is 2. The average Bonchev–Trinajstić information content (AvgIpc) is 3.30. The van der Waals surface area contributed by atoms with Gasteiger partial charge in [0.15, 0.2) is 0 Å². The van der Waals surface area contributed by atoms with Crippen molar-refractivity contribution in [3.63, 3.8) is 0 Å². The lowest BCUT2D eigenvalue weighted by atomic mass is 9.98. The molecular formula is C22H22FN5O5. The number of non-ortho nitro benzene ring substituents is 1. The Morgan fingerprint density at radius 2 is 2.12 bits per heavy atom. The lowest BCUT2D eigenvalue weighted by Gasteiger charge is -2.30. The van der Waals surface area contributed by atoms with Crippen LogP contribution < -0.4 is 10.1 Å². The maximum atomic E-state index is 13.1. The summed E-state index contributed by atoms with van der Waals surface area (Å²) >= 11 is 0. The molecule has 10 nitrogen and oxygen atoms in total. The monoisotopic (exact) mass is 455 g/mol. The Bertz CT molecular complexity index is 1150. The minimum Gasteiger partial charge on any atom is -0.494 e. The zero-order chi connectivity index (χ0) is 23.4. The number of likely N-dealkylation sites (tertiary alicyclic amines) is 1. The third-order valence-electron chi connectivity index (χ3n) is 5.44. The normalized spacial score (nSPS) is 16.4. The topological polar surface area (TPSA) is 124 Å². The number of methoxy groups -OCH3 is 1. The molecule has 11 heteroatoms. The number of amides is 1. The first kappa shape index (κ1) is 22.3. The second-order valence-electron chi connectivity index (χ2n) is 7.73. The van der Waals surface area contributed by atoms with E-state index in [1.54, 1.807) is 12.1 Å². The standard InChI is InChI=1S/C22H22FN5O5/c1-32-19-11-17(28(30)31)8-9-18(19)24-20(29)13-27-10-2-3-15(12-27)22-25-21(26-33-22)14-4-6-16(23)7-5-14/h4-9,11,15H,2-3,10,12-13H2,1H3,(H,24,29). The molecule has 4 rings (SSSR count). The van der Waals surface area contributed by atoms with Gasteiger partial charge in [-0.05, 0) is 49.7 Å². The smallest absolute Gasteiger partial charge is 0.273 e. The van der Waals surface area contributed by atoms with E-state index in [1.165, 1.54) is 37.4 Å². The summed E-state index contributed by atoms with van der Waals surface area (Å²) in [6.45, 7) is 1.44. The summed E-state index contributed by atoms with van der Waals surface area (Å²) in [6, 6.07) is 9.88. The van der Waals surface area contributed by atoms with Crippen LogP contribution in [0.15, 0.2) is 47.0 Å². The summed E-state index contributed by atoms with van der Waals surface area (Å²) in [5.41, 5.74) is 0.904. The molecule has 1 aliphatic rings. The van der Waals surface area contributed by atoms with E-state index in [-0.39, 0.29) is 35.6 Å². The van der Waals surface area contributed by atoms with Gasteiger partial charge in [0.25, 0.3) is 5.69 Å². The Balaban J connectivity index is 1.38. The van der Waals surface area contributed by atoms with Gasteiger partial charge in [-0.3, -0.25) is 19.8 Å². The fourth-order valence-electron chi connectivity index (χ4n) is 3.81. The highest BCUT2D eigenvalue weighted by atomic mass is 19.1.